The van der Waals surface area contributed by atoms with Crippen LogP contribution in [0.4, 0.5) is 24.5 Å². The number of hydrogen-bond donors (Lipinski definition) is 2. The van der Waals surface area contributed by atoms with Crippen molar-refractivity contribution in [2.24, 2.45) is 0 Å². The molecular weight excluding hydrogens is 325 g/mol. The number of benzene rings is 2. The molecule has 0 unspecified atom stereocenters. The number of thiocarbonyl (C=S) groups is 1. The van der Waals surface area contributed by atoms with E-state index in [0.29, 0.717) is 5.69 Å². The first-order valence-corrected chi connectivity index (χ1v) is 7.15. The van der Waals surface area contributed by atoms with Crippen LogP contribution in [0.3, 0.4) is 0 Å². The number of ether oxygens (including phenoxy) is 1. The highest BCUT2D eigenvalue weighted by molar-refractivity contribution is 7.80. The minimum atomic E-state index is -4.73. The van der Waals surface area contributed by atoms with Crippen molar-refractivity contribution in [3.8, 4) is 5.75 Å². The second kappa shape index (κ2) is 6.87. The summed E-state index contributed by atoms with van der Waals surface area (Å²) in [5.74, 6) is -0.309. The summed E-state index contributed by atoms with van der Waals surface area (Å²) < 4.78 is 40.5. The molecule has 0 aliphatic carbocycles. The Balaban J connectivity index is 2.02. The van der Waals surface area contributed by atoms with Gasteiger partial charge in [-0.15, -0.1) is 13.2 Å². The fourth-order valence-corrected chi connectivity index (χ4v) is 2.12. The SMILES string of the molecule is Cc1ccc(NC(=S)Nc2cccc(OC(F)(F)F)c2)cc1C. The third-order valence-electron chi connectivity index (χ3n) is 3.09. The molecule has 2 N–H and O–H groups in total. The molecule has 2 aromatic carbocycles. The quantitative estimate of drug-likeness (QED) is 0.770. The van der Waals surface area contributed by atoms with Crippen molar-refractivity contribution in [3.63, 3.8) is 0 Å². The Labute approximate surface area is 137 Å². The van der Waals surface area contributed by atoms with E-state index in [0.717, 1.165) is 16.8 Å². The Hall–Kier alpha value is -2.28. The number of anilines is 2. The summed E-state index contributed by atoms with van der Waals surface area (Å²) in [6, 6.07) is 11.3. The Bertz CT molecular complexity index is 717. The predicted octanol–water partition coefficient (Wildman–Crippen LogP) is 5.01. The molecule has 0 heterocycles. The minimum Gasteiger partial charge on any atom is -0.406 e. The molecule has 0 saturated carbocycles. The molecule has 2 rings (SSSR count). The second-order valence-electron chi connectivity index (χ2n) is 4.95. The maximum absolute atomic E-state index is 12.2. The first kappa shape index (κ1) is 17.1. The van der Waals surface area contributed by atoms with E-state index in [2.05, 4.69) is 15.4 Å². The van der Waals surface area contributed by atoms with E-state index in [4.69, 9.17) is 12.2 Å². The highest BCUT2D eigenvalue weighted by atomic mass is 32.1. The summed E-state index contributed by atoms with van der Waals surface area (Å²) in [7, 11) is 0. The van der Waals surface area contributed by atoms with E-state index in [1.165, 1.54) is 18.2 Å². The molecule has 2 aromatic rings. The zero-order chi connectivity index (χ0) is 17.0. The van der Waals surface area contributed by atoms with Gasteiger partial charge in [0.25, 0.3) is 0 Å². The molecule has 0 aliphatic rings. The van der Waals surface area contributed by atoms with Crippen LogP contribution in [-0.4, -0.2) is 11.5 Å². The van der Waals surface area contributed by atoms with Crippen LogP contribution in [0, 0.1) is 13.8 Å². The van der Waals surface area contributed by atoms with Gasteiger partial charge < -0.3 is 15.4 Å². The van der Waals surface area contributed by atoms with E-state index < -0.39 is 6.36 Å². The van der Waals surface area contributed by atoms with Gasteiger partial charge in [0, 0.05) is 17.4 Å². The van der Waals surface area contributed by atoms with Gasteiger partial charge in [-0.05, 0) is 61.5 Å². The van der Waals surface area contributed by atoms with Gasteiger partial charge in [0.1, 0.15) is 5.75 Å². The van der Waals surface area contributed by atoms with Crippen molar-refractivity contribution >= 4 is 28.7 Å². The maximum atomic E-state index is 12.2. The average molecular weight is 340 g/mol. The van der Waals surface area contributed by atoms with Gasteiger partial charge >= 0.3 is 6.36 Å². The largest absolute Gasteiger partial charge is 0.573 e. The fraction of sp³-hybridized carbons (Fsp3) is 0.188. The fourth-order valence-electron chi connectivity index (χ4n) is 1.88. The van der Waals surface area contributed by atoms with Gasteiger partial charge in [-0.3, -0.25) is 0 Å². The molecule has 0 bridgehead atoms. The van der Waals surface area contributed by atoms with Gasteiger partial charge in [-0.2, -0.15) is 0 Å². The molecule has 0 fully saturated rings. The summed E-state index contributed by atoms with van der Waals surface area (Å²) in [5.41, 5.74) is 3.46. The van der Waals surface area contributed by atoms with Crippen LogP contribution in [0.25, 0.3) is 0 Å². The standard InChI is InChI=1S/C16H15F3N2OS/c1-10-6-7-13(8-11(10)2)21-15(23)20-12-4-3-5-14(9-12)22-16(17,18)19/h3-9H,1-2H3,(H2,20,21,23). The Morgan fingerprint density at radius 1 is 0.957 bits per heavy atom. The lowest BCUT2D eigenvalue weighted by atomic mass is 10.1. The van der Waals surface area contributed by atoms with E-state index in [1.54, 1.807) is 6.07 Å². The van der Waals surface area contributed by atoms with Crippen molar-refractivity contribution in [1.29, 1.82) is 0 Å². The molecule has 0 atom stereocenters. The van der Waals surface area contributed by atoms with E-state index in [-0.39, 0.29) is 10.9 Å². The Kier molecular flexibility index (Phi) is 5.10. The van der Waals surface area contributed by atoms with Crippen LogP contribution in [0.1, 0.15) is 11.1 Å². The molecular formula is C16H15F3N2OS. The molecule has 0 aromatic heterocycles. The number of aryl methyl sites for hydroxylation is 2. The van der Waals surface area contributed by atoms with Crippen LogP contribution in [0.5, 0.6) is 5.75 Å². The van der Waals surface area contributed by atoms with Gasteiger partial charge in [-0.1, -0.05) is 12.1 Å². The zero-order valence-corrected chi connectivity index (χ0v) is 13.3. The number of halogens is 3. The number of alkyl halides is 3. The first-order chi connectivity index (χ1) is 10.7. The predicted molar refractivity (Wildman–Crippen MR) is 88.9 cm³/mol. The summed E-state index contributed by atoms with van der Waals surface area (Å²) >= 11 is 5.16. The van der Waals surface area contributed by atoms with Crippen molar-refractivity contribution < 1.29 is 17.9 Å². The Morgan fingerprint density at radius 3 is 2.22 bits per heavy atom. The minimum absolute atomic E-state index is 0.275. The lowest BCUT2D eigenvalue weighted by Crippen LogP contribution is -2.20. The normalized spacial score (nSPS) is 11.0. The Morgan fingerprint density at radius 2 is 1.61 bits per heavy atom. The van der Waals surface area contributed by atoms with Crippen LogP contribution < -0.4 is 15.4 Å². The lowest BCUT2D eigenvalue weighted by Gasteiger charge is -2.13. The lowest BCUT2D eigenvalue weighted by molar-refractivity contribution is -0.274. The smallest absolute Gasteiger partial charge is 0.406 e. The third-order valence-corrected chi connectivity index (χ3v) is 3.29. The molecule has 0 saturated heterocycles. The number of nitrogens with one attached hydrogen (secondary N) is 2. The number of hydrogen-bond acceptors (Lipinski definition) is 2. The molecule has 0 radical (unpaired) electrons. The second-order valence-corrected chi connectivity index (χ2v) is 5.36. The summed E-state index contributed by atoms with van der Waals surface area (Å²) in [6.45, 7) is 3.98. The maximum Gasteiger partial charge on any atom is 0.573 e. The molecule has 0 amide bonds. The van der Waals surface area contributed by atoms with Crippen molar-refractivity contribution in [1.82, 2.24) is 0 Å². The van der Waals surface area contributed by atoms with E-state index in [9.17, 15) is 13.2 Å². The summed E-state index contributed by atoms with van der Waals surface area (Å²) in [6.07, 6.45) is -4.73. The highest BCUT2D eigenvalue weighted by Gasteiger charge is 2.31. The molecule has 0 aliphatic heterocycles. The monoisotopic (exact) mass is 340 g/mol. The first-order valence-electron chi connectivity index (χ1n) is 6.74. The van der Waals surface area contributed by atoms with Crippen molar-refractivity contribution in [3.05, 3.63) is 53.6 Å². The van der Waals surface area contributed by atoms with Crippen LogP contribution in [-0.2, 0) is 0 Å². The van der Waals surface area contributed by atoms with Gasteiger partial charge in [0.2, 0.25) is 0 Å². The average Bonchev–Trinajstić information content (AvgIpc) is 2.41. The topological polar surface area (TPSA) is 33.3 Å². The zero-order valence-electron chi connectivity index (χ0n) is 12.5. The van der Waals surface area contributed by atoms with Gasteiger partial charge in [0.05, 0.1) is 0 Å². The van der Waals surface area contributed by atoms with E-state index >= 15 is 0 Å². The molecule has 23 heavy (non-hydrogen) atoms. The molecule has 3 nitrogen and oxygen atoms in total. The van der Waals surface area contributed by atoms with Gasteiger partial charge in [-0.25, -0.2) is 0 Å². The molecule has 122 valence electrons. The molecule has 7 heteroatoms. The highest BCUT2D eigenvalue weighted by Crippen LogP contribution is 2.25. The number of rotatable bonds is 3. The summed E-state index contributed by atoms with van der Waals surface area (Å²) in [5, 5.41) is 6.08. The van der Waals surface area contributed by atoms with Gasteiger partial charge in [0.15, 0.2) is 5.11 Å². The van der Waals surface area contributed by atoms with Crippen molar-refractivity contribution in [2.75, 3.05) is 10.6 Å². The van der Waals surface area contributed by atoms with Crippen molar-refractivity contribution in [2.45, 2.75) is 20.2 Å². The third kappa shape index (κ3) is 5.45. The summed E-state index contributed by atoms with van der Waals surface area (Å²) in [4.78, 5) is 0. The van der Waals surface area contributed by atoms with E-state index in [1.807, 2.05) is 32.0 Å². The van der Waals surface area contributed by atoms with Crippen LogP contribution >= 0.6 is 12.2 Å². The van der Waals surface area contributed by atoms with Crippen LogP contribution in [0.15, 0.2) is 42.5 Å². The molecule has 0 spiro atoms. The van der Waals surface area contributed by atoms with Crippen LogP contribution in [0.2, 0.25) is 0 Å².